The van der Waals surface area contributed by atoms with Crippen LogP contribution in [0.4, 0.5) is 5.69 Å². The number of likely N-dealkylation sites (tertiary alicyclic amines) is 1. The van der Waals surface area contributed by atoms with Crippen molar-refractivity contribution in [2.45, 2.75) is 32.5 Å². The molecule has 1 saturated heterocycles. The molecule has 1 heterocycles. The molecule has 1 aliphatic rings. The summed E-state index contributed by atoms with van der Waals surface area (Å²) in [5, 5.41) is 12.6. The molecule has 5 aromatic carbocycles. The van der Waals surface area contributed by atoms with E-state index in [1.807, 2.05) is 96.8 Å². The van der Waals surface area contributed by atoms with E-state index in [0.29, 0.717) is 36.7 Å². The number of rotatable bonds is 10. The second-order valence-electron chi connectivity index (χ2n) is 11.8. The number of methoxy groups -OCH3 is 1. The zero-order valence-electron chi connectivity index (χ0n) is 27.0. The molecule has 0 bridgehead atoms. The molecule has 2 amide bonds. The molecular formula is C40H38N2O6. The molecule has 0 saturated carbocycles. The number of hydrogen-bond acceptors (Lipinski definition) is 6. The first-order chi connectivity index (χ1) is 23.3. The second kappa shape index (κ2) is 14.8. The van der Waals surface area contributed by atoms with Gasteiger partial charge in [-0.3, -0.25) is 9.59 Å². The summed E-state index contributed by atoms with van der Waals surface area (Å²) in [7, 11) is 1.51. The van der Waals surface area contributed by atoms with Gasteiger partial charge in [0, 0.05) is 43.1 Å². The molecule has 1 aliphatic heterocycles. The highest BCUT2D eigenvalue weighted by Crippen LogP contribution is 2.29. The first-order valence-electron chi connectivity index (χ1n) is 16.0. The van der Waals surface area contributed by atoms with Crippen LogP contribution in [-0.2, 0) is 6.61 Å². The van der Waals surface area contributed by atoms with Gasteiger partial charge in [0.25, 0.3) is 11.8 Å². The van der Waals surface area contributed by atoms with Gasteiger partial charge in [-0.25, -0.2) is 0 Å². The fourth-order valence-electron chi connectivity index (χ4n) is 5.62. The minimum atomic E-state index is -0.304. The van der Waals surface area contributed by atoms with Gasteiger partial charge in [0.15, 0.2) is 0 Å². The molecule has 0 spiro atoms. The van der Waals surface area contributed by atoms with Gasteiger partial charge in [0.2, 0.25) is 0 Å². The van der Waals surface area contributed by atoms with Crippen molar-refractivity contribution < 1.29 is 28.9 Å². The number of hydrogen-bond donors (Lipinski definition) is 2. The third-order valence-corrected chi connectivity index (χ3v) is 8.43. The number of benzene rings is 5. The zero-order chi connectivity index (χ0) is 33.5. The van der Waals surface area contributed by atoms with Gasteiger partial charge in [-0.15, -0.1) is 0 Å². The van der Waals surface area contributed by atoms with Gasteiger partial charge < -0.3 is 29.5 Å². The van der Waals surface area contributed by atoms with Gasteiger partial charge in [0.05, 0.1) is 12.8 Å². The average molecular weight is 643 g/mol. The Bertz CT molecular complexity index is 1850. The molecule has 6 rings (SSSR count). The number of phenolic OH excluding ortho intramolecular Hbond substituents is 1. The number of aryl methyl sites for hydroxylation is 1. The average Bonchev–Trinajstić information content (AvgIpc) is 3.12. The SMILES string of the molecule is COc1ccc(O)cc1NC(=O)c1ccc(-c2ccc(OCc3ccc(OC4CCN(C(=O)c5ccc(C)cc5)CC4)cc3)cc2)cc1. The third-order valence-electron chi connectivity index (χ3n) is 8.43. The number of amides is 2. The number of ether oxygens (including phenoxy) is 3. The first-order valence-corrected chi connectivity index (χ1v) is 16.0. The normalized spacial score (nSPS) is 13.1. The Balaban J connectivity index is 0.958. The quantitative estimate of drug-likeness (QED) is 0.161. The number of piperidine rings is 1. The maximum absolute atomic E-state index is 12.8. The Morgan fingerprint density at radius 3 is 2.02 bits per heavy atom. The van der Waals surface area contributed by atoms with Crippen LogP contribution in [0.25, 0.3) is 11.1 Å². The summed E-state index contributed by atoms with van der Waals surface area (Å²) in [4.78, 5) is 27.5. The van der Waals surface area contributed by atoms with E-state index in [1.54, 1.807) is 18.2 Å². The fraction of sp³-hybridized carbons (Fsp3) is 0.200. The highest BCUT2D eigenvalue weighted by atomic mass is 16.5. The summed E-state index contributed by atoms with van der Waals surface area (Å²) in [6.45, 7) is 3.81. The van der Waals surface area contributed by atoms with Crippen molar-refractivity contribution >= 4 is 17.5 Å². The van der Waals surface area contributed by atoms with E-state index in [1.165, 1.54) is 19.2 Å². The molecule has 0 unspecified atom stereocenters. The van der Waals surface area contributed by atoms with E-state index in [-0.39, 0.29) is 23.7 Å². The molecule has 0 atom stereocenters. The third kappa shape index (κ3) is 7.96. The minimum Gasteiger partial charge on any atom is -0.508 e. The molecule has 2 N–H and O–H groups in total. The molecule has 0 aromatic heterocycles. The highest BCUT2D eigenvalue weighted by Gasteiger charge is 2.24. The predicted octanol–water partition coefficient (Wildman–Crippen LogP) is 7.89. The molecule has 48 heavy (non-hydrogen) atoms. The number of nitrogens with one attached hydrogen (secondary N) is 1. The lowest BCUT2D eigenvalue weighted by Gasteiger charge is -2.32. The largest absolute Gasteiger partial charge is 0.508 e. The van der Waals surface area contributed by atoms with Crippen LogP contribution in [0.1, 0.15) is 44.7 Å². The minimum absolute atomic E-state index is 0.0366. The second-order valence-corrected chi connectivity index (χ2v) is 11.8. The van der Waals surface area contributed by atoms with E-state index >= 15 is 0 Å². The van der Waals surface area contributed by atoms with Crippen LogP contribution in [0.2, 0.25) is 0 Å². The van der Waals surface area contributed by atoms with E-state index in [0.717, 1.165) is 52.2 Å². The lowest BCUT2D eigenvalue weighted by molar-refractivity contribution is 0.0595. The molecule has 244 valence electrons. The van der Waals surface area contributed by atoms with Crippen LogP contribution in [0.3, 0.4) is 0 Å². The van der Waals surface area contributed by atoms with Crippen LogP contribution in [0, 0.1) is 6.92 Å². The Labute approximate surface area is 280 Å². The van der Waals surface area contributed by atoms with E-state index in [4.69, 9.17) is 14.2 Å². The lowest BCUT2D eigenvalue weighted by Crippen LogP contribution is -2.41. The van der Waals surface area contributed by atoms with Gasteiger partial charge >= 0.3 is 0 Å². The van der Waals surface area contributed by atoms with Gasteiger partial charge in [-0.05, 0) is 84.3 Å². The van der Waals surface area contributed by atoms with Crippen molar-refractivity contribution in [3.8, 4) is 34.1 Å². The van der Waals surface area contributed by atoms with Crippen molar-refractivity contribution in [1.29, 1.82) is 0 Å². The van der Waals surface area contributed by atoms with Crippen LogP contribution in [-0.4, -0.2) is 48.1 Å². The van der Waals surface area contributed by atoms with Gasteiger partial charge in [0.1, 0.15) is 35.7 Å². The maximum atomic E-state index is 12.8. The molecule has 8 heteroatoms. The number of nitrogens with zero attached hydrogens (tertiary/aromatic N) is 1. The van der Waals surface area contributed by atoms with Crippen LogP contribution >= 0.6 is 0 Å². The Hall–Kier alpha value is -5.76. The highest BCUT2D eigenvalue weighted by molar-refractivity contribution is 6.05. The topological polar surface area (TPSA) is 97.3 Å². The van der Waals surface area contributed by atoms with Crippen molar-refractivity contribution in [2.24, 2.45) is 0 Å². The number of phenols is 1. The van der Waals surface area contributed by atoms with Crippen LogP contribution < -0.4 is 19.5 Å². The molecule has 8 nitrogen and oxygen atoms in total. The summed E-state index contributed by atoms with van der Waals surface area (Å²) in [5.41, 5.74) is 5.75. The number of carbonyl (C=O) groups excluding carboxylic acids is 2. The number of carbonyl (C=O) groups is 2. The van der Waals surface area contributed by atoms with Crippen molar-refractivity contribution in [1.82, 2.24) is 4.90 Å². The summed E-state index contributed by atoms with van der Waals surface area (Å²) in [6, 6.07) is 35.4. The smallest absolute Gasteiger partial charge is 0.255 e. The standard InChI is InChI=1S/C40H38N2O6/c1-27-3-7-32(8-4-27)40(45)42-23-21-36(22-24-42)48-35-16-5-28(6-17-35)26-47-34-18-13-30(14-19-34)29-9-11-31(12-10-29)39(44)41-37-25-33(43)15-20-38(37)46-2/h3-20,25,36,43H,21-24,26H2,1-2H3,(H,41,44). The Morgan fingerprint density at radius 2 is 1.38 bits per heavy atom. The summed E-state index contributed by atoms with van der Waals surface area (Å²) in [5.74, 6) is 1.84. The maximum Gasteiger partial charge on any atom is 0.255 e. The van der Waals surface area contributed by atoms with E-state index in [9.17, 15) is 14.7 Å². The number of aromatic hydroxyl groups is 1. The zero-order valence-corrected chi connectivity index (χ0v) is 27.0. The van der Waals surface area contributed by atoms with Crippen molar-refractivity contribution in [3.63, 3.8) is 0 Å². The van der Waals surface area contributed by atoms with E-state index < -0.39 is 0 Å². The Morgan fingerprint density at radius 1 is 0.771 bits per heavy atom. The van der Waals surface area contributed by atoms with Crippen LogP contribution in [0.15, 0.2) is 115 Å². The molecule has 0 radical (unpaired) electrons. The summed E-state index contributed by atoms with van der Waals surface area (Å²) >= 11 is 0. The molecule has 0 aliphatic carbocycles. The van der Waals surface area contributed by atoms with Gasteiger partial charge in [-0.2, -0.15) is 0 Å². The van der Waals surface area contributed by atoms with Crippen LogP contribution in [0.5, 0.6) is 23.0 Å². The molecule has 1 fully saturated rings. The molecule has 5 aromatic rings. The van der Waals surface area contributed by atoms with Gasteiger partial charge in [-0.1, -0.05) is 54.1 Å². The number of anilines is 1. The van der Waals surface area contributed by atoms with E-state index in [2.05, 4.69) is 5.32 Å². The van der Waals surface area contributed by atoms with Crippen molar-refractivity contribution in [2.75, 3.05) is 25.5 Å². The predicted molar refractivity (Wildman–Crippen MR) is 186 cm³/mol. The lowest BCUT2D eigenvalue weighted by atomic mass is 10.0. The molecular weight excluding hydrogens is 604 g/mol. The monoisotopic (exact) mass is 642 g/mol. The fourth-order valence-corrected chi connectivity index (χ4v) is 5.62. The summed E-state index contributed by atoms with van der Waals surface area (Å²) < 4.78 is 17.5. The first kappa shape index (κ1) is 32.2. The summed E-state index contributed by atoms with van der Waals surface area (Å²) in [6.07, 6.45) is 1.68. The Kier molecular flexibility index (Phi) is 9.91. The van der Waals surface area contributed by atoms with Crippen molar-refractivity contribution in [3.05, 3.63) is 138 Å².